The first-order valence-corrected chi connectivity index (χ1v) is 19.1. The van der Waals surface area contributed by atoms with Gasteiger partial charge in [-0.1, -0.05) is 72.2 Å². The summed E-state index contributed by atoms with van der Waals surface area (Å²) in [5.41, 5.74) is 6.84. The van der Waals surface area contributed by atoms with Crippen LogP contribution in [0.1, 0.15) is 122 Å². The lowest BCUT2D eigenvalue weighted by molar-refractivity contribution is -0.196. The first kappa shape index (κ1) is 35.6. The zero-order valence-electron chi connectivity index (χ0n) is 31.9. The molecule has 7 atom stereocenters. The first-order valence-electron chi connectivity index (χ1n) is 19.1. The molecule has 0 unspecified atom stereocenters. The standard InChI is InChI=1S/C43H64N2O3/c1-28(2)36-33(46)27-43(23-24-44-25-26-45(8)9)22-21-41(6)32(37(36)43)15-16-35-40(5)19-17-31(29-11-13-30(14-12-29)38(47)48-10)39(3,4)34(40)18-20-42(35,41)7/h11-14,17,28,32,34-35,44H,15-16,18-27H2,1-10H3/t32-,34+,35-,40+,41-,42-,43-/m1/s1. The molecule has 0 spiro atoms. The maximum Gasteiger partial charge on any atom is 0.337 e. The maximum absolute atomic E-state index is 13.9. The van der Waals surface area contributed by atoms with Crippen LogP contribution in [0.4, 0.5) is 0 Å². The fourth-order valence-corrected chi connectivity index (χ4v) is 12.8. The number of ether oxygens (including phenoxy) is 1. The van der Waals surface area contributed by atoms with E-state index in [9.17, 15) is 9.59 Å². The summed E-state index contributed by atoms with van der Waals surface area (Å²) in [5.74, 6) is 2.22. The summed E-state index contributed by atoms with van der Waals surface area (Å²) in [5, 5.41) is 3.73. The number of likely N-dealkylation sites (N-methyl/N-ethyl adjacent to an activating group) is 1. The molecule has 5 heteroatoms. The maximum atomic E-state index is 13.9. The smallest absolute Gasteiger partial charge is 0.337 e. The van der Waals surface area contributed by atoms with Crippen LogP contribution in [0.25, 0.3) is 5.57 Å². The van der Waals surface area contributed by atoms with Crippen molar-refractivity contribution >= 4 is 17.3 Å². The van der Waals surface area contributed by atoms with E-state index in [1.807, 2.05) is 12.1 Å². The Kier molecular flexibility index (Phi) is 9.28. The average molecular weight is 657 g/mol. The Labute approximate surface area is 291 Å². The number of allylic oxidation sites excluding steroid dienone is 4. The molecule has 0 heterocycles. The van der Waals surface area contributed by atoms with Gasteiger partial charge in [-0.2, -0.15) is 0 Å². The monoisotopic (exact) mass is 656 g/mol. The molecule has 5 aliphatic carbocycles. The highest BCUT2D eigenvalue weighted by atomic mass is 16.5. The van der Waals surface area contributed by atoms with Crippen LogP contribution >= 0.6 is 0 Å². The van der Waals surface area contributed by atoms with Crippen molar-refractivity contribution in [1.29, 1.82) is 0 Å². The molecule has 5 nitrogen and oxygen atoms in total. The van der Waals surface area contributed by atoms with Crippen molar-refractivity contribution in [2.24, 2.45) is 50.7 Å². The molecule has 0 radical (unpaired) electrons. The number of methoxy groups -OCH3 is 1. The number of hydrogen-bond donors (Lipinski definition) is 1. The third-order valence-electron chi connectivity index (χ3n) is 15.3. The summed E-state index contributed by atoms with van der Waals surface area (Å²) in [6.07, 6.45) is 12.9. The molecule has 48 heavy (non-hydrogen) atoms. The van der Waals surface area contributed by atoms with Gasteiger partial charge in [-0.05, 0) is 146 Å². The predicted molar refractivity (Wildman–Crippen MR) is 197 cm³/mol. The summed E-state index contributed by atoms with van der Waals surface area (Å²) in [4.78, 5) is 28.3. The van der Waals surface area contributed by atoms with Gasteiger partial charge in [0.05, 0.1) is 12.7 Å². The molecule has 5 aliphatic rings. The fourth-order valence-electron chi connectivity index (χ4n) is 12.8. The van der Waals surface area contributed by atoms with Gasteiger partial charge in [0.15, 0.2) is 5.78 Å². The number of ketones is 1. The number of carbonyl (C=O) groups excluding carboxylic acids is 2. The average Bonchev–Trinajstić information content (AvgIpc) is 3.32. The highest BCUT2D eigenvalue weighted by Crippen LogP contribution is 2.77. The van der Waals surface area contributed by atoms with Crippen molar-refractivity contribution in [3.05, 3.63) is 52.6 Å². The molecule has 264 valence electrons. The Balaban J connectivity index is 1.31. The van der Waals surface area contributed by atoms with Gasteiger partial charge in [-0.15, -0.1) is 0 Å². The number of benzene rings is 1. The summed E-state index contributed by atoms with van der Waals surface area (Å²) in [7, 11) is 5.71. The third kappa shape index (κ3) is 5.31. The lowest BCUT2D eigenvalue weighted by Gasteiger charge is -2.71. The highest BCUT2D eigenvalue weighted by molar-refractivity contribution is 6.00. The molecule has 1 aromatic rings. The minimum atomic E-state index is -0.281. The molecule has 6 rings (SSSR count). The van der Waals surface area contributed by atoms with Crippen molar-refractivity contribution in [1.82, 2.24) is 10.2 Å². The predicted octanol–water partition coefficient (Wildman–Crippen LogP) is 8.99. The molecule has 1 N–H and O–H groups in total. The van der Waals surface area contributed by atoms with Gasteiger partial charge in [0, 0.05) is 24.9 Å². The number of hydrogen-bond acceptors (Lipinski definition) is 5. The molecule has 0 aliphatic heterocycles. The fraction of sp³-hybridized carbons (Fsp3) is 0.721. The lowest BCUT2D eigenvalue weighted by atomic mass is 9.33. The molecule has 0 aromatic heterocycles. The van der Waals surface area contributed by atoms with Crippen molar-refractivity contribution in [3.8, 4) is 0 Å². The Bertz CT molecular complexity index is 1490. The zero-order chi connectivity index (χ0) is 34.9. The Morgan fingerprint density at radius 3 is 2.29 bits per heavy atom. The van der Waals surface area contributed by atoms with Crippen molar-refractivity contribution in [2.45, 2.75) is 106 Å². The van der Waals surface area contributed by atoms with E-state index in [4.69, 9.17) is 4.74 Å². The Morgan fingerprint density at radius 1 is 0.938 bits per heavy atom. The molecule has 0 bridgehead atoms. The molecular weight excluding hydrogens is 592 g/mol. The van der Waals surface area contributed by atoms with E-state index < -0.39 is 0 Å². The minimum Gasteiger partial charge on any atom is -0.465 e. The second-order valence-corrected chi connectivity index (χ2v) is 18.4. The topological polar surface area (TPSA) is 58.6 Å². The minimum absolute atomic E-state index is 0.0331. The first-order chi connectivity index (χ1) is 22.6. The van der Waals surface area contributed by atoms with Gasteiger partial charge in [-0.25, -0.2) is 4.79 Å². The third-order valence-corrected chi connectivity index (χ3v) is 15.3. The number of fused-ring (bicyclic) bond motifs is 7. The van der Waals surface area contributed by atoms with Gasteiger partial charge in [0.1, 0.15) is 0 Å². The molecular formula is C43H64N2O3. The van der Waals surface area contributed by atoms with Crippen LogP contribution in [0, 0.1) is 50.7 Å². The second kappa shape index (κ2) is 12.5. The molecule has 0 saturated heterocycles. The quantitative estimate of drug-likeness (QED) is 0.212. The Morgan fingerprint density at radius 2 is 1.65 bits per heavy atom. The summed E-state index contributed by atoms with van der Waals surface area (Å²) >= 11 is 0. The number of nitrogens with one attached hydrogen (secondary N) is 1. The van der Waals surface area contributed by atoms with Crippen LogP contribution in [0.2, 0.25) is 0 Å². The van der Waals surface area contributed by atoms with Gasteiger partial charge in [0.2, 0.25) is 0 Å². The normalized spacial score (nSPS) is 37.1. The van der Waals surface area contributed by atoms with Gasteiger partial charge in [0.25, 0.3) is 0 Å². The number of carbonyl (C=O) groups is 2. The second-order valence-electron chi connectivity index (χ2n) is 18.4. The number of nitrogens with zero attached hydrogens (tertiary/aromatic N) is 1. The number of esters is 1. The van der Waals surface area contributed by atoms with Crippen molar-refractivity contribution in [3.63, 3.8) is 0 Å². The van der Waals surface area contributed by atoms with E-state index in [-0.39, 0.29) is 33.0 Å². The largest absolute Gasteiger partial charge is 0.465 e. The van der Waals surface area contributed by atoms with Crippen LogP contribution in [0.5, 0.6) is 0 Å². The molecule has 3 saturated carbocycles. The molecule has 3 fully saturated rings. The zero-order valence-corrected chi connectivity index (χ0v) is 31.9. The van der Waals surface area contributed by atoms with E-state index >= 15 is 0 Å². The van der Waals surface area contributed by atoms with Crippen molar-refractivity contribution < 1.29 is 14.3 Å². The number of rotatable bonds is 9. The van der Waals surface area contributed by atoms with Crippen molar-refractivity contribution in [2.75, 3.05) is 40.8 Å². The van der Waals surface area contributed by atoms with E-state index in [2.05, 4.69) is 91.0 Å². The van der Waals surface area contributed by atoms with Gasteiger partial charge < -0.3 is 15.0 Å². The van der Waals surface area contributed by atoms with E-state index in [1.54, 1.807) is 5.57 Å². The lowest BCUT2D eigenvalue weighted by Crippen LogP contribution is -2.64. The highest BCUT2D eigenvalue weighted by Gasteiger charge is 2.69. The van der Waals surface area contributed by atoms with Crippen LogP contribution in [0.3, 0.4) is 0 Å². The summed E-state index contributed by atoms with van der Waals surface area (Å²) in [6, 6.07) is 8.08. The SMILES string of the molecule is COC(=O)c1ccc(C2=CC[C@]3(C)[C@H]4CC[C@@H]5C6=C(C(C)C)C(=O)C[C@]6(CCNCCN(C)C)CC[C@@]5(C)[C@]4(C)CC[C@H]3C2(C)C)cc1. The van der Waals surface area contributed by atoms with Crippen LogP contribution in [-0.2, 0) is 9.53 Å². The van der Waals surface area contributed by atoms with Crippen LogP contribution in [0.15, 0.2) is 41.5 Å². The van der Waals surface area contributed by atoms with E-state index in [1.165, 1.54) is 55.9 Å². The van der Waals surface area contributed by atoms with Gasteiger partial charge >= 0.3 is 5.97 Å². The Hall–Kier alpha value is -2.24. The molecule has 0 amide bonds. The van der Waals surface area contributed by atoms with Crippen LogP contribution in [-0.4, -0.2) is 57.5 Å². The molecule has 1 aromatic carbocycles. The van der Waals surface area contributed by atoms with E-state index in [0.717, 1.165) is 45.3 Å². The summed E-state index contributed by atoms with van der Waals surface area (Å²) < 4.78 is 4.96. The van der Waals surface area contributed by atoms with Crippen LogP contribution < -0.4 is 5.32 Å². The number of Topliss-reactive ketones (excluding diaryl/α,β-unsaturated/α-hetero) is 1. The van der Waals surface area contributed by atoms with Gasteiger partial charge in [-0.3, -0.25) is 4.79 Å². The summed E-state index contributed by atoms with van der Waals surface area (Å²) in [6.45, 7) is 20.5. The van der Waals surface area contributed by atoms with E-state index in [0.29, 0.717) is 35.0 Å².